The molecule has 5 nitrogen and oxygen atoms in total. The summed E-state index contributed by atoms with van der Waals surface area (Å²) < 4.78 is 1.77. The third-order valence-corrected chi connectivity index (χ3v) is 2.38. The van der Waals surface area contributed by atoms with Gasteiger partial charge in [0.1, 0.15) is 0 Å². The third kappa shape index (κ3) is 3.25. The normalized spacial score (nSPS) is 12.2. The molecule has 0 atom stereocenters. The van der Waals surface area contributed by atoms with Gasteiger partial charge in [-0.15, -0.1) is 0 Å². The summed E-state index contributed by atoms with van der Waals surface area (Å²) in [6.45, 7) is 6.71. The topological polar surface area (TPSA) is 62.5 Å². The van der Waals surface area contributed by atoms with Crippen LogP contribution < -0.4 is 5.32 Å². The van der Waals surface area contributed by atoms with Crippen LogP contribution in [-0.2, 0) is 6.54 Å². The second-order valence-corrected chi connectivity index (χ2v) is 4.97. The maximum atomic E-state index is 9.58. The number of aliphatic hydroxyl groups is 1. The highest BCUT2D eigenvalue weighted by Gasteiger charge is 2.11. The molecule has 0 unspecified atom stereocenters. The van der Waals surface area contributed by atoms with E-state index in [1.807, 2.05) is 25.4 Å². The van der Waals surface area contributed by atoms with E-state index in [0.29, 0.717) is 13.1 Å². The van der Waals surface area contributed by atoms with Gasteiger partial charge in [-0.25, -0.2) is 9.50 Å². The summed E-state index contributed by atoms with van der Waals surface area (Å²) in [5, 5.41) is 17.1. The Morgan fingerprint density at radius 3 is 2.94 bits per heavy atom. The van der Waals surface area contributed by atoms with E-state index in [1.165, 1.54) is 0 Å². The van der Waals surface area contributed by atoms with E-state index in [0.717, 1.165) is 16.9 Å². The van der Waals surface area contributed by atoms with Crippen LogP contribution in [0.2, 0.25) is 0 Å². The van der Waals surface area contributed by atoms with Crippen LogP contribution in [0.5, 0.6) is 0 Å². The van der Waals surface area contributed by atoms with Crippen LogP contribution in [0.15, 0.2) is 18.5 Å². The van der Waals surface area contributed by atoms with Crippen LogP contribution >= 0.6 is 0 Å². The first kappa shape index (κ1) is 12.0. The zero-order chi connectivity index (χ0) is 12.5. The Labute approximate surface area is 100 Å². The van der Waals surface area contributed by atoms with Gasteiger partial charge in [-0.3, -0.25) is 0 Å². The number of aryl methyl sites for hydroxylation is 1. The molecule has 0 aliphatic carbocycles. The lowest BCUT2D eigenvalue weighted by atomic mass is 10.1. The second-order valence-electron chi connectivity index (χ2n) is 4.97. The molecule has 0 spiro atoms. The van der Waals surface area contributed by atoms with Gasteiger partial charge in [-0.05, 0) is 20.8 Å². The first-order valence-corrected chi connectivity index (χ1v) is 5.68. The first-order valence-electron chi connectivity index (χ1n) is 5.68. The molecule has 2 heterocycles. The van der Waals surface area contributed by atoms with E-state index < -0.39 is 5.60 Å². The van der Waals surface area contributed by atoms with Crippen LogP contribution in [0.3, 0.4) is 0 Å². The van der Waals surface area contributed by atoms with Gasteiger partial charge in [0.2, 0.25) is 0 Å². The number of nitrogens with one attached hydrogen (secondary N) is 1. The minimum absolute atomic E-state index is 0.545. The van der Waals surface area contributed by atoms with Gasteiger partial charge in [0.15, 0.2) is 5.65 Å². The van der Waals surface area contributed by atoms with E-state index >= 15 is 0 Å². The van der Waals surface area contributed by atoms with Crippen molar-refractivity contribution in [3.8, 4) is 0 Å². The number of rotatable bonds is 4. The van der Waals surface area contributed by atoms with Crippen molar-refractivity contribution in [1.82, 2.24) is 19.9 Å². The van der Waals surface area contributed by atoms with Crippen molar-refractivity contribution in [3.63, 3.8) is 0 Å². The Hall–Kier alpha value is -1.46. The molecule has 0 aliphatic heterocycles. The van der Waals surface area contributed by atoms with Crippen molar-refractivity contribution in [1.29, 1.82) is 0 Å². The Balaban J connectivity index is 2.04. The molecule has 17 heavy (non-hydrogen) atoms. The van der Waals surface area contributed by atoms with Crippen molar-refractivity contribution in [2.75, 3.05) is 6.54 Å². The molecule has 2 aromatic heterocycles. The van der Waals surface area contributed by atoms with Crippen molar-refractivity contribution in [3.05, 3.63) is 29.7 Å². The minimum atomic E-state index is -0.695. The molecule has 0 saturated heterocycles. The monoisotopic (exact) mass is 234 g/mol. The summed E-state index contributed by atoms with van der Waals surface area (Å²) in [5.41, 5.74) is 2.16. The fourth-order valence-corrected chi connectivity index (χ4v) is 1.64. The van der Waals surface area contributed by atoms with E-state index in [9.17, 15) is 5.11 Å². The quantitative estimate of drug-likeness (QED) is 0.825. The van der Waals surface area contributed by atoms with Crippen molar-refractivity contribution in [2.45, 2.75) is 32.9 Å². The highest BCUT2D eigenvalue weighted by molar-refractivity contribution is 5.38. The number of fused-ring (bicyclic) bond motifs is 1. The molecular weight excluding hydrogens is 216 g/mol. The summed E-state index contributed by atoms with van der Waals surface area (Å²) in [6.07, 6.45) is 3.78. The number of hydrogen-bond acceptors (Lipinski definition) is 4. The van der Waals surface area contributed by atoms with Crippen LogP contribution in [0.25, 0.3) is 5.65 Å². The van der Waals surface area contributed by atoms with E-state index in [-0.39, 0.29) is 0 Å². The summed E-state index contributed by atoms with van der Waals surface area (Å²) >= 11 is 0. The molecule has 0 fully saturated rings. The van der Waals surface area contributed by atoms with Crippen LogP contribution in [0, 0.1) is 6.92 Å². The predicted molar refractivity (Wildman–Crippen MR) is 65.7 cm³/mol. The molecule has 0 aromatic carbocycles. The van der Waals surface area contributed by atoms with E-state index in [4.69, 9.17) is 0 Å². The van der Waals surface area contributed by atoms with Crippen molar-refractivity contribution < 1.29 is 5.11 Å². The molecule has 0 saturated carbocycles. The Morgan fingerprint density at radius 1 is 1.47 bits per heavy atom. The number of aromatic nitrogens is 3. The fourth-order valence-electron chi connectivity index (χ4n) is 1.64. The first-order chi connectivity index (χ1) is 7.94. The Bertz CT molecular complexity index is 513. The maximum absolute atomic E-state index is 9.58. The summed E-state index contributed by atoms with van der Waals surface area (Å²) in [7, 11) is 0. The van der Waals surface area contributed by atoms with Gasteiger partial charge >= 0.3 is 0 Å². The molecule has 2 N–H and O–H groups in total. The Morgan fingerprint density at radius 2 is 2.24 bits per heavy atom. The summed E-state index contributed by atoms with van der Waals surface area (Å²) in [6, 6.07) is 1.94. The predicted octanol–water partition coefficient (Wildman–Crippen LogP) is 0.898. The van der Waals surface area contributed by atoms with Gasteiger partial charge in [0.05, 0.1) is 11.3 Å². The third-order valence-electron chi connectivity index (χ3n) is 2.38. The van der Waals surface area contributed by atoms with Gasteiger partial charge in [0, 0.05) is 37.1 Å². The second kappa shape index (κ2) is 4.43. The molecule has 0 amide bonds. The van der Waals surface area contributed by atoms with Gasteiger partial charge in [-0.1, -0.05) is 0 Å². The minimum Gasteiger partial charge on any atom is -0.389 e. The SMILES string of the molecule is Cc1cc2ncc(CNCC(C)(C)O)cn2n1. The van der Waals surface area contributed by atoms with Crippen molar-refractivity contribution in [2.24, 2.45) is 0 Å². The summed E-state index contributed by atoms with van der Waals surface area (Å²) in [4.78, 5) is 4.32. The molecule has 2 rings (SSSR count). The van der Waals surface area contributed by atoms with E-state index in [1.54, 1.807) is 18.4 Å². The van der Waals surface area contributed by atoms with Crippen LogP contribution in [-0.4, -0.2) is 31.9 Å². The Kier molecular flexibility index (Phi) is 3.13. The maximum Gasteiger partial charge on any atom is 0.155 e. The lowest BCUT2D eigenvalue weighted by molar-refractivity contribution is 0.0795. The van der Waals surface area contributed by atoms with Gasteiger partial charge in [-0.2, -0.15) is 5.10 Å². The zero-order valence-electron chi connectivity index (χ0n) is 10.4. The largest absolute Gasteiger partial charge is 0.389 e. The molecule has 5 heteroatoms. The molecule has 2 aromatic rings. The zero-order valence-corrected chi connectivity index (χ0v) is 10.4. The average molecular weight is 234 g/mol. The molecule has 0 aliphatic rings. The lowest BCUT2D eigenvalue weighted by Crippen LogP contribution is -2.34. The summed E-state index contributed by atoms with van der Waals surface area (Å²) in [5.74, 6) is 0. The lowest BCUT2D eigenvalue weighted by Gasteiger charge is -2.17. The van der Waals surface area contributed by atoms with Crippen LogP contribution in [0.4, 0.5) is 0 Å². The van der Waals surface area contributed by atoms with Crippen LogP contribution in [0.1, 0.15) is 25.1 Å². The fraction of sp³-hybridized carbons (Fsp3) is 0.500. The average Bonchev–Trinajstić information content (AvgIpc) is 2.55. The standard InChI is InChI=1S/C12H18N4O/c1-9-4-11-14-6-10(7-16(11)15-9)5-13-8-12(2,3)17/h4,6-7,13,17H,5,8H2,1-3H3. The molecular formula is C12H18N4O. The molecule has 0 bridgehead atoms. The van der Waals surface area contributed by atoms with Gasteiger partial charge in [0.25, 0.3) is 0 Å². The van der Waals surface area contributed by atoms with Crippen molar-refractivity contribution >= 4 is 5.65 Å². The smallest absolute Gasteiger partial charge is 0.155 e. The highest BCUT2D eigenvalue weighted by atomic mass is 16.3. The molecule has 92 valence electrons. The molecule has 0 radical (unpaired) electrons. The van der Waals surface area contributed by atoms with E-state index in [2.05, 4.69) is 15.4 Å². The number of nitrogens with zero attached hydrogens (tertiary/aromatic N) is 3. The highest BCUT2D eigenvalue weighted by Crippen LogP contribution is 2.05. The van der Waals surface area contributed by atoms with Gasteiger partial charge < -0.3 is 10.4 Å². The number of hydrogen-bond donors (Lipinski definition) is 2.